The number of benzene rings is 1. The highest BCUT2D eigenvalue weighted by Gasteiger charge is 2.64. The molecule has 2 N–H and O–H groups in total. The molecule has 32 heavy (non-hydrogen) atoms. The summed E-state index contributed by atoms with van der Waals surface area (Å²) in [5, 5.41) is 23.0. The number of alkyl halides is 3. The molecule has 1 saturated carbocycles. The molecule has 8 nitrogen and oxygen atoms in total. The van der Waals surface area contributed by atoms with E-state index in [4.69, 9.17) is 4.74 Å². The molecule has 1 aromatic carbocycles. The molecule has 1 aliphatic carbocycles. The monoisotopic (exact) mass is 449 g/mol. The zero-order valence-corrected chi connectivity index (χ0v) is 17.8. The van der Waals surface area contributed by atoms with Crippen LogP contribution in [0.1, 0.15) is 43.9 Å². The zero-order valence-electron chi connectivity index (χ0n) is 17.8. The quantitative estimate of drug-likeness (QED) is 0.633. The summed E-state index contributed by atoms with van der Waals surface area (Å²) in [4.78, 5) is 12.7. The minimum Gasteiger partial charge on any atom is -0.508 e. The first-order chi connectivity index (χ1) is 14.8. The van der Waals surface area contributed by atoms with E-state index in [0.29, 0.717) is 10.1 Å². The number of carbonyl (C=O) groups excluding carboxylic acids is 1. The minimum atomic E-state index is -4.70. The van der Waals surface area contributed by atoms with Crippen molar-refractivity contribution < 1.29 is 27.8 Å². The molecule has 0 aliphatic heterocycles. The molecular formula is C21H22F3N5O3. The van der Waals surface area contributed by atoms with Crippen LogP contribution in [0.4, 0.5) is 13.2 Å². The van der Waals surface area contributed by atoms with Crippen LogP contribution in [0.5, 0.6) is 11.6 Å². The zero-order chi connectivity index (χ0) is 23.5. The largest absolute Gasteiger partial charge is 0.508 e. The summed E-state index contributed by atoms with van der Waals surface area (Å²) in [6, 6.07) is 8.42. The molecule has 2 aromatic heterocycles. The van der Waals surface area contributed by atoms with Crippen LogP contribution in [0.15, 0.2) is 36.4 Å². The van der Waals surface area contributed by atoms with Crippen molar-refractivity contribution in [3.05, 3.63) is 47.8 Å². The number of nitrogens with zero attached hydrogens (tertiary/aromatic N) is 4. The fraction of sp³-hybridized carbons (Fsp3) is 0.429. The molecule has 0 unspecified atom stereocenters. The van der Waals surface area contributed by atoms with Gasteiger partial charge in [0.2, 0.25) is 5.88 Å². The number of phenolic OH excluding ortho intramolecular Hbond substituents is 1. The third-order valence-electron chi connectivity index (χ3n) is 5.97. The van der Waals surface area contributed by atoms with E-state index in [0.717, 1.165) is 0 Å². The SMILES string of the molecule is CC1(C)C(NC(=O)c2ccc(O)cc2)C(C)(C)C1Oc1ccc2nnc(C(F)(F)F)n2n1. The standard InChI is InChI=1S/C21H22F3N5O3/c1-19(2)16(25-15(31)11-5-7-12(30)8-6-11)20(3,4)17(19)32-14-10-9-13-26-27-18(21(22,23)24)29(13)28-14/h5-10,16-17,30H,1-4H3,(H,25,31). The van der Waals surface area contributed by atoms with Crippen LogP contribution in [0.2, 0.25) is 0 Å². The molecule has 0 radical (unpaired) electrons. The summed E-state index contributed by atoms with van der Waals surface area (Å²) in [6.45, 7) is 7.62. The molecule has 1 aliphatic rings. The second-order valence-electron chi connectivity index (χ2n) is 9.06. The smallest absolute Gasteiger partial charge is 0.453 e. The molecule has 1 amide bonds. The van der Waals surface area contributed by atoms with Crippen LogP contribution in [-0.4, -0.2) is 43.0 Å². The maximum Gasteiger partial charge on any atom is 0.453 e. The van der Waals surface area contributed by atoms with Crippen molar-refractivity contribution in [3.63, 3.8) is 0 Å². The van der Waals surface area contributed by atoms with Gasteiger partial charge in [-0.2, -0.15) is 17.7 Å². The van der Waals surface area contributed by atoms with E-state index in [1.807, 2.05) is 27.7 Å². The lowest BCUT2D eigenvalue weighted by molar-refractivity contribution is -0.166. The summed E-state index contributed by atoms with van der Waals surface area (Å²) in [5.41, 5.74) is -0.742. The molecule has 4 rings (SSSR count). The highest BCUT2D eigenvalue weighted by atomic mass is 19.4. The highest BCUT2D eigenvalue weighted by Crippen LogP contribution is 2.55. The number of phenols is 1. The number of ether oxygens (including phenoxy) is 1. The minimum absolute atomic E-state index is 0.00254. The van der Waals surface area contributed by atoms with E-state index < -0.39 is 28.9 Å². The number of nitrogens with one attached hydrogen (secondary N) is 1. The van der Waals surface area contributed by atoms with Crippen molar-refractivity contribution >= 4 is 11.6 Å². The van der Waals surface area contributed by atoms with Crippen LogP contribution in [0, 0.1) is 10.8 Å². The van der Waals surface area contributed by atoms with Crippen LogP contribution in [-0.2, 0) is 6.18 Å². The Morgan fingerprint density at radius 2 is 1.69 bits per heavy atom. The lowest BCUT2D eigenvalue weighted by Crippen LogP contribution is -2.74. The van der Waals surface area contributed by atoms with Gasteiger partial charge < -0.3 is 15.2 Å². The number of aromatic hydroxyl groups is 1. The number of aromatic nitrogens is 4. The van der Waals surface area contributed by atoms with Crippen LogP contribution < -0.4 is 10.1 Å². The van der Waals surface area contributed by atoms with E-state index in [9.17, 15) is 23.1 Å². The van der Waals surface area contributed by atoms with Gasteiger partial charge in [-0.3, -0.25) is 4.79 Å². The average Bonchev–Trinajstić information content (AvgIpc) is 3.14. The van der Waals surface area contributed by atoms with Gasteiger partial charge >= 0.3 is 6.18 Å². The molecule has 170 valence electrons. The van der Waals surface area contributed by atoms with Crippen molar-refractivity contribution in [1.29, 1.82) is 0 Å². The van der Waals surface area contributed by atoms with E-state index >= 15 is 0 Å². The van der Waals surface area contributed by atoms with Crippen LogP contribution in [0.3, 0.4) is 0 Å². The number of halogens is 3. The summed E-state index contributed by atoms with van der Waals surface area (Å²) < 4.78 is 46.1. The summed E-state index contributed by atoms with van der Waals surface area (Å²) in [7, 11) is 0. The number of carbonyl (C=O) groups is 1. The van der Waals surface area contributed by atoms with Gasteiger partial charge in [0.05, 0.1) is 0 Å². The Morgan fingerprint density at radius 1 is 1.06 bits per heavy atom. The fourth-order valence-electron chi connectivity index (χ4n) is 4.76. The maximum absolute atomic E-state index is 13.1. The van der Waals surface area contributed by atoms with Crippen molar-refractivity contribution in [2.45, 2.75) is 46.0 Å². The van der Waals surface area contributed by atoms with Gasteiger partial charge in [0.1, 0.15) is 11.9 Å². The number of amides is 1. The predicted molar refractivity (Wildman–Crippen MR) is 107 cm³/mol. The molecule has 3 aromatic rings. The molecule has 0 atom stereocenters. The maximum atomic E-state index is 13.1. The third-order valence-corrected chi connectivity index (χ3v) is 5.97. The van der Waals surface area contributed by atoms with Gasteiger partial charge in [0.15, 0.2) is 5.65 Å². The number of hydrogen-bond acceptors (Lipinski definition) is 6. The van der Waals surface area contributed by atoms with Crippen molar-refractivity contribution in [3.8, 4) is 11.6 Å². The second kappa shape index (κ2) is 7.07. The number of hydrogen-bond donors (Lipinski definition) is 2. The molecule has 1 fully saturated rings. The van der Waals surface area contributed by atoms with Crippen molar-refractivity contribution in [2.75, 3.05) is 0 Å². The summed E-state index contributed by atoms with van der Waals surface area (Å²) in [6.07, 6.45) is -5.15. The number of fused-ring (bicyclic) bond motifs is 1. The Bertz CT molecular complexity index is 1160. The number of rotatable bonds is 4. The van der Waals surface area contributed by atoms with E-state index in [-0.39, 0.29) is 29.2 Å². The Hall–Kier alpha value is -3.37. The van der Waals surface area contributed by atoms with Crippen LogP contribution in [0.25, 0.3) is 5.65 Å². The Kier molecular flexibility index (Phi) is 4.83. The topological polar surface area (TPSA) is 102 Å². The van der Waals surface area contributed by atoms with Gasteiger partial charge in [-0.05, 0) is 30.3 Å². The molecule has 11 heteroatoms. The predicted octanol–water partition coefficient (Wildman–Crippen LogP) is 3.46. The third kappa shape index (κ3) is 3.51. The highest BCUT2D eigenvalue weighted by molar-refractivity contribution is 5.94. The first-order valence-electron chi connectivity index (χ1n) is 9.88. The van der Waals surface area contributed by atoms with E-state index in [2.05, 4.69) is 20.6 Å². The lowest BCUT2D eigenvalue weighted by atomic mass is 9.49. The van der Waals surface area contributed by atoms with Crippen molar-refractivity contribution in [2.24, 2.45) is 10.8 Å². The fourth-order valence-corrected chi connectivity index (χ4v) is 4.76. The summed E-state index contributed by atoms with van der Waals surface area (Å²) in [5.74, 6) is -1.47. The van der Waals surface area contributed by atoms with Gasteiger partial charge in [0, 0.05) is 28.5 Å². The van der Waals surface area contributed by atoms with Crippen molar-refractivity contribution in [1.82, 2.24) is 25.1 Å². The van der Waals surface area contributed by atoms with Gasteiger partial charge in [-0.25, -0.2) is 0 Å². The Morgan fingerprint density at radius 3 is 2.28 bits per heavy atom. The van der Waals surface area contributed by atoms with Gasteiger partial charge in [-0.1, -0.05) is 27.7 Å². The molecule has 0 bridgehead atoms. The molecular weight excluding hydrogens is 427 g/mol. The second-order valence-corrected chi connectivity index (χ2v) is 9.06. The van der Waals surface area contributed by atoms with E-state index in [1.54, 1.807) is 0 Å². The van der Waals surface area contributed by atoms with E-state index in [1.165, 1.54) is 36.4 Å². The molecule has 0 spiro atoms. The first kappa shape index (κ1) is 21.8. The average molecular weight is 449 g/mol. The lowest BCUT2D eigenvalue weighted by Gasteiger charge is -2.62. The molecule has 2 heterocycles. The van der Waals surface area contributed by atoms with Gasteiger partial charge in [-0.15, -0.1) is 15.3 Å². The van der Waals surface area contributed by atoms with Gasteiger partial charge in [0.25, 0.3) is 11.7 Å². The normalized spacial score (nSPS) is 21.7. The first-order valence-corrected chi connectivity index (χ1v) is 9.88. The Labute approximate surface area is 181 Å². The summed E-state index contributed by atoms with van der Waals surface area (Å²) >= 11 is 0. The van der Waals surface area contributed by atoms with Crippen LogP contribution >= 0.6 is 0 Å². The Balaban J connectivity index is 1.55. The molecule has 0 saturated heterocycles.